The van der Waals surface area contributed by atoms with Crippen molar-refractivity contribution in [1.82, 2.24) is 13.9 Å². The van der Waals surface area contributed by atoms with Gasteiger partial charge in [0.15, 0.2) is 0 Å². The predicted molar refractivity (Wildman–Crippen MR) is 102 cm³/mol. The van der Waals surface area contributed by atoms with Crippen molar-refractivity contribution >= 4 is 56.4 Å². The number of amides is 1. The van der Waals surface area contributed by atoms with Crippen LogP contribution in [0, 0.1) is 0 Å². The van der Waals surface area contributed by atoms with Gasteiger partial charge >= 0.3 is 0 Å². The molecule has 0 aliphatic carbocycles. The first-order valence-electron chi connectivity index (χ1n) is 7.58. The largest absolute Gasteiger partial charge is 0.324 e. The van der Waals surface area contributed by atoms with Crippen LogP contribution in [0.3, 0.4) is 0 Å². The maximum absolute atomic E-state index is 12.8. The molecular formula is C15H17Cl3N4O3S. The van der Waals surface area contributed by atoms with Crippen molar-refractivity contribution in [2.24, 2.45) is 7.05 Å². The monoisotopic (exact) mass is 438 g/mol. The Kier molecular flexibility index (Phi) is 6.92. The first-order valence-corrected chi connectivity index (χ1v) is 10.2. The molecule has 0 atom stereocenters. The van der Waals surface area contributed by atoms with Gasteiger partial charge in [0.05, 0.1) is 23.6 Å². The number of aryl methyl sites for hydroxylation is 1. The van der Waals surface area contributed by atoms with E-state index in [1.54, 1.807) is 20.0 Å². The molecule has 0 unspecified atom stereocenters. The highest BCUT2D eigenvalue weighted by molar-refractivity contribution is 7.89. The molecule has 1 heterocycles. The van der Waals surface area contributed by atoms with Crippen LogP contribution in [-0.2, 0) is 21.9 Å². The summed E-state index contributed by atoms with van der Waals surface area (Å²) in [6, 6.07) is 4.60. The van der Waals surface area contributed by atoms with Gasteiger partial charge in [0.1, 0.15) is 5.15 Å². The molecule has 0 aliphatic rings. The Bertz CT molecular complexity index is 915. The van der Waals surface area contributed by atoms with E-state index >= 15 is 0 Å². The van der Waals surface area contributed by atoms with E-state index in [0.29, 0.717) is 22.2 Å². The maximum atomic E-state index is 12.8. The molecule has 0 aliphatic heterocycles. The van der Waals surface area contributed by atoms with Crippen LogP contribution in [0.25, 0.3) is 0 Å². The molecule has 1 aromatic heterocycles. The molecule has 1 amide bonds. The Balaban J connectivity index is 2.23. The maximum Gasteiger partial charge on any atom is 0.264 e. The summed E-state index contributed by atoms with van der Waals surface area (Å²) in [6.45, 7) is 1.52. The lowest BCUT2D eigenvalue weighted by molar-refractivity contribution is -0.116. The van der Waals surface area contributed by atoms with E-state index in [-0.39, 0.29) is 16.7 Å². The summed E-state index contributed by atoms with van der Waals surface area (Å²) in [6.07, 6.45) is 1.81. The fraction of sp³-hybridized carbons (Fsp3) is 0.333. The van der Waals surface area contributed by atoms with Crippen LogP contribution in [-0.4, -0.2) is 41.3 Å². The average molecular weight is 440 g/mol. The topological polar surface area (TPSA) is 84.3 Å². The standard InChI is InChI=1S/C15H17Cl3N4O3S/c1-3-6-22(26(24,25)15-14(18)21(2)9-19-15)8-13(23)20-12-7-10(16)4-5-11(12)17/h4-5,7,9H,3,6,8H2,1-2H3,(H,20,23). The van der Waals surface area contributed by atoms with E-state index in [9.17, 15) is 13.2 Å². The smallest absolute Gasteiger partial charge is 0.264 e. The second-order valence-corrected chi connectivity index (χ2v) is 8.52. The number of imidazole rings is 1. The van der Waals surface area contributed by atoms with E-state index in [1.807, 2.05) is 0 Å². The normalized spacial score (nSPS) is 11.8. The molecule has 0 radical (unpaired) electrons. The van der Waals surface area contributed by atoms with Crippen molar-refractivity contribution in [1.29, 1.82) is 0 Å². The lowest BCUT2D eigenvalue weighted by Gasteiger charge is -2.20. The SMILES string of the molecule is CCCN(CC(=O)Nc1cc(Cl)ccc1Cl)S(=O)(=O)c1ncn(C)c1Cl. The number of carbonyl (C=O) groups is 1. The summed E-state index contributed by atoms with van der Waals surface area (Å²) in [5.74, 6) is -0.557. The van der Waals surface area contributed by atoms with Gasteiger partial charge in [-0.3, -0.25) is 4.79 Å². The van der Waals surface area contributed by atoms with Crippen molar-refractivity contribution < 1.29 is 13.2 Å². The predicted octanol–water partition coefficient (Wildman–Crippen LogP) is 3.42. The van der Waals surface area contributed by atoms with Gasteiger partial charge < -0.3 is 9.88 Å². The number of hydrogen-bond donors (Lipinski definition) is 1. The number of hydrogen-bond acceptors (Lipinski definition) is 4. The highest BCUT2D eigenvalue weighted by Crippen LogP contribution is 2.26. The van der Waals surface area contributed by atoms with Crippen LogP contribution in [0.4, 0.5) is 5.69 Å². The number of aromatic nitrogens is 2. The van der Waals surface area contributed by atoms with Crippen molar-refractivity contribution in [3.8, 4) is 0 Å². The Morgan fingerprint density at radius 2 is 2.00 bits per heavy atom. The van der Waals surface area contributed by atoms with Crippen molar-refractivity contribution in [2.45, 2.75) is 18.4 Å². The second kappa shape index (κ2) is 8.58. The molecule has 0 saturated heterocycles. The molecule has 26 heavy (non-hydrogen) atoms. The number of rotatable bonds is 7. The quantitative estimate of drug-likeness (QED) is 0.716. The van der Waals surface area contributed by atoms with Crippen molar-refractivity contribution in [2.75, 3.05) is 18.4 Å². The third-order valence-corrected chi connectivity index (χ3v) is 6.32. The summed E-state index contributed by atoms with van der Waals surface area (Å²) in [4.78, 5) is 16.2. The third kappa shape index (κ3) is 4.69. The summed E-state index contributed by atoms with van der Waals surface area (Å²) in [5.41, 5.74) is 0.300. The van der Waals surface area contributed by atoms with Crippen molar-refractivity contribution in [3.05, 3.63) is 39.7 Å². The Morgan fingerprint density at radius 1 is 1.31 bits per heavy atom. The summed E-state index contributed by atoms with van der Waals surface area (Å²) in [7, 11) is -2.45. The summed E-state index contributed by atoms with van der Waals surface area (Å²) in [5, 5.41) is 2.94. The van der Waals surface area contributed by atoms with E-state index < -0.39 is 22.5 Å². The Labute approximate surface area is 166 Å². The van der Waals surface area contributed by atoms with Crippen LogP contribution in [0.2, 0.25) is 15.2 Å². The zero-order valence-corrected chi connectivity index (χ0v) is 17.1. The Hall–Kier alpha value is -1.32. The molecule has 142 valence electrons. The van der Waals surface area contributed by atoms with Crippen LogP contribution in [0.1, 0.15) is 13.3 Å². The average Bonchev–Trinajstić information content (AvgIpc) is 2.90. The molecule has 2 aromatic rings. The zero-order chi connectivity index (χ0) is 19.5. The summed E-state index contributed by atoms with van der Waals surface area (Å²) >= 11 is 17.9. The van der Waals surface area contributed by atoms with E-state index in [4.69, 9.17) is 34.8 Å². The number of nitrogens with zero attached hydrogens (tertiary/aromatic N) is 3. The van der Waals surface area contributed by atoms with Gasteiger partial charge in [-0.05, 0) is 24.6 Å². The fourth-order valence-corrected chi connectivity index (χ4v) is 4.38. The number of anilines is 1. The molecule has 0 fully saturated rings. The molecule has 0 spiro atoms. The first-order chi connectivity index (χ1) is 12.2. The van der Waals surface area contributed by atoms with Gasteiger partial charge in [-0.25, -0.2) is 13.4 Å². The number of carbonyl (C=O) groups excluding carboxylic acids is 1. The van der Waals surface area contributed by atoms with Gasteiger partial charge in [0.25, 0.3) is 10.0 Å². The van der Waals surface area contributed by atoms with Gasteiger partial charge in [0, 0.05) is 18.6 Å². The molecule has 0 bridgehead atoms. The van der Waals surface area contributed by atoms with Crippen LogP contribution >= 0.6 is 34.8 Å². The molecule has 1 aromatic carbocycles. The lowest BCUT2D eigenvalue weighted by atomic mass is 10.3. The molecule has 11 heteroatoms. The molecule has 7 nitrogen and oxygen atoms in total. The molecule has 2 rings (SSSR count). The van der Waals surface area contributed by atoms with Gasteiger partial charge in [-0.1, -0.05) is 41.7 Å². The highest BCUT2D eigenvalue weighted by atomic mass is 35.5. The fourth-order valence-electron chi connectivity index (χ4n) is 2.17. The molecule has 1 N–H and O–H groups in total. The molecule has 0 saturated carbocycles. The number of halogens is 3. The van der Waals surface area contributed by atoms with E-state index in [2.05, 4.69) is 10.3 Å². The Morgan fingerprint density at radius 3 is 2.58 bits per heavy atom. The van der Waals surface area contributed by atoms with Gasteiger partial charge in [-0.2, -0.15) is 4.31 Å². The van der Waals surface area contributed by atoms with Crippen LogP contribution < -0.4 is 5.32 Å². The lowest BCUT2D eigenvalue weighted by Crippen LogP contribution is -2.38. The van der Waals surface area contributed by atoms with E-state index in [1.165, 1.54) is 23.0 Å². The minimum absolute atomic E-state index is 0.0237. The molecular weight excluding hydrogens is 423 g/mol. The number of sulfonamides is 1. The summed E-state index contributed by atoms with van der Waals surface area (Å²) < 4.78 is 28.0. The van der Waals surface area contributed by atoms with Crippen molar-refractivity contribution in [3.63, 3.8) is 0 Å². The minimum atomic E-state index is -4.03. The number of nitrogens with one attached hydrogen (secondary N) is 1. The van der Waals surface area contributed by atoms with E-state index in [0.717, 1.165) is 4.31 Å². The minimum Gasteiger partial charge on any atom is -0.324 e. The zero-order valence-electron chi connectivity index (χ0n) is 14.0. The van der Waals surface area contributed by atoms with Gasteiger partial charge in [-0.15, -0.1) is 0 Å². The second-order valence-electron chi connectivity index (χ2n) is 5.46. The van der Waals surface area contributed by atoms with Crippen LogP contribution in [0.5, 0.6) is 0 Å². The first kappa shape index (κ1) is 21.0. The highest BCUT2D eigenvalue weighted by Gasteiger charge is 2.31. The number of benzene rings is 1. The van der Waals surface area contributed by atoms with Crippen LogP contribution in [0.15, 0.2) is 29.6 Å². The van der Waals surface area contributed by atoms with Gasteiger partial charge in [0.2, 0.25) is 10.9 Å². The third-order valence-electron chi connectivity index (χ3n) is 3.41.